The normalized spacial score (nSPS) is 16.1. The molecule has 0 radical (unpaired) electrons. The number of rotatable bonds is 5. The molecule has 0 unspecified atom stereocenters. The Kier molecular flexibility index (Phi) is 4.22. The van der Waals surface area contributed by atoms with Crippen LogP contribution in [0.2, 0.25) is 0 Å². The summed E-state index contributed by atoms with van der Waals surface area (Å²) in [6, 6.07) is 3.46. The molecule has 1 aromatic heterocycles. The highest BCUT2D eigenvalue weighted by Gasteiger charge is 2.40. The van der Waals surface area contributed by atoms with Crippen molar-refractivity contribution >= 4 is 12.0 Å². The van der Waals surface area contributed by atoms with E-state index in [1.165, 1.54) is 0 Å². The van der Waals surface area contributed by atoms with Crippen LogP contribution in [0.15, 0.2) is 18.3 Å². The van der Waals surface area contributed by atoms with Crippen molar-refractivity contribution in [3.8, 4) is 0 Å². The molecule has 108 valence electrons. The van der Waals surface area contributed by atoms with Crippen molar-refractivity contribution in [1.82, 2.24) is 15.6 Å². The molecule has 1 aliphatic rings. The highest BCUT2D eigenvalue weighted by atomic mass is 16.4. The highest BCUT2D eigenvalue weighted by molar-refractivity contribution is 5.77. The number of carboxylic acid groups (broad SMARTS) is 1. The van der Waals surface area contributed by atoms with Crippen molar-refractivity contribution in [3.05, 3.63) is 29.6 Å². The summed E-state index contributed by atoms with van der Waals surface area (Å²) < 4.78 is 0. The molecule has 0 bridgehead atoms. The lowest BCUT2D eigenvalue weighted by Crippen LogP contribution is -2.57. The molecule has 1 saturated carbocycles. The Balaban J connectivity index is 1.83. The molecule has 6 nitrogen and oxygen atoms in total. The van der Waals surface area contributed by atoms with E-state index in [1.54, 1.807) is 6.20 Å². The molecule has 0 aromatic carbocycles. The van der Waals surface area contributed by atoms with Crippen LogP contribution in [0.1, 0.15) is 36.9 Å². The molecule has 20 heavy (non-hydrogen) atoms. The number of amides is 2. The Morgan fingerprint density at radius 2 is 2.15 bits per heavy atom. The molecule has 1 aliphatic carbocycles. The zero-order chi connectivity index (χ0) is 14.6. The zero-order valence-electron chi connectivity index (χ0n) is 11.5. The molecule has 1 heterocycles. The van der Waals surface area contributed by atoms with Crippen LogP contribution in [-0.4, -0.2) is 27.6 Å². The van der Waals surface area contributed by atoms with Gasteiger partial charge in [-0.25, -0.2) is 4.79 Å². The van der Waals surface area contributed by atoms with Crippen molar-refractivity contribution in [1.29, 1.82) is 0 Å². The van der Waals surface area contributed by atoms with E-state index in [0.717, 1.165) is 30.5 Å². The molecule has 2 rings (SSSR count). The van der Waals surface area contributed by atoms with Crippen molar-refractivity contribution in [3.63, 3.8) is 0 Å². The minimum absolute atomic E-state index is 0.0213. The summed E-state index contributed by atoms with van der Waals surface area (Å²) in [6.07, 6.45) is 4.09. The van der Waals surface area contributed by atoms with Gasteiger partial charge in [-0.2, -0.15) is 0 Å². The minimum Gasteiger partial charge on any atom is -0.481 e. The van der Waals surface area contributed by atoms with Crippen LogP contribution < -0.4 is 10.6 Å². The van der Waals surface area contributed by atoms with E-state index in [-0.39, 0.29) is 12.5 Å². The third kappa shape index (κ3) is 3.69. The van der Waals surface area contributed by atoms with Gasteiger partial charge in [0.2, 0.25) is 0 Å². The first-order valence-electron chi connectivity index (χ1n) is 6.68. The molecule has 0 atom stereocenters. The van der Waals surface area contributed by atoms with Gasteiger partial charge in [0.05, 0.1) is 12.0 Å². The number of pyridine rings is 1. The first-order chi connectivity index (χ1) is 9.49. The molecule has 0 spiro atoms. The quantitative estimate of drug-likeness (QED) is 0.762. The maximum atomic E-state index is 11.8. The molecule has 0 saturated heterocycles. The highest BCUT2D eigenvalue weighted by Crippen LogP contribution is 2.34. The van der Waals surface area contributed by atoms with E-state index in [0.29, 0.717) is 6.54 Å². The zero-order valence-corrected chi connectivity index (χ0v) is 11.5. The maximum Gasteiger partial charge on any atom is 0.315 e. The average molecular weight is 277 g/mol. The van der Waals surface area contributed by atoms with Gasteiger partial charge in [0.15, 0.2) is 0 Å². The molecular weight excluding hydrogens is 258 g/mol. The number of carboxylic acids is 1. The second-order valence-electron chi connectivity index (χ2n) is 5.32. The van der Waals surface area contributed by atoms with E-state index < -0.39 is 11.5 Å². The number of hydrogen-bond acceptors (Lipinski definition) is 3. The van der Waals surface area contributed by atoms with Crippen molar-refractivity contribution in [2.45, 2.75) is 44.7 Å². The van der Waals surface area contributed by atoms with Gasteiger partial charge in [-0.3, -0.25) is 9.78 Å². The molecule has 3 N–H and O–H groups in total. The Labute approximate surface area is 117 Å². The largest absolute Gasteiger partial charge is 0.481 e. The second-order valence-corrected chi connectivity index (χ2v) is 5.32. The topological polar surface area (TPSA) is 91.3 Å². The maximum absolute atomic E-state index is 11.8. The van der Waals surface area contributed by atoms with Crippen molar-refractivity contribution in [2.24, 2.45) is 0 Å². The number of hydrogen-bond donors (Lipinski definition) is 3. The van der Waals surface area contributed by atoms with Crippen LogP contribution in [0.25, 0.3) is 0 Å². The van der Waals surface area contributed by atoms with Crippen LogP contribution in [0.3, 0.4) is 0 Å². The first-order valence-corrected chi connectivity index (χ1v) is 6.68. The number of nitrogens with one attached hydrogen (secondary N) is 2. The van der Waals surface area contributed by atoms with Gasteiger partial charge in [-0.15, -0.1) is 0 Å². The van der Waals surface area contributed by atoms with Crippen molar-refractivity contribution in [2.75, 3.05) is 0 Å². The number of aliphatic carboxylic acids is 1. The minimum atomic E-state index is -0.882. The molecule has 1 aromatic rings. The summed E-state index contributed by atoms with van der Waals surface area (Å²) in [5.41, 5.74) is 1.27. The van der Waals surface area contributed by atoms with Gasteiger partial charge in [-0.1, -0.05) is 6.07 Å². The van der Waals surface area contributed by atoms with Gasteiger partial charge in [0.25, 0.3) is 0 Å². The smallest absolute Gasteiger partial charge is 0.315 e. The molecular formula is C14H19N3O3. The summed E-state index contributed by atoms with van der Waals surface area (Å²) in [4.78, 5) is 26.8. The molecule has 0 aliphatic heterocycles. The number of urea groups is 1. The van der Waals surface area contributed by atoms with E-state index in [1.807, 2.05) is 19.1 Å². The Morgan fingerprint density at radius 1 is 1.40 bits per heavy atom. The third-order valence-electron chi connectivity index (χ3n) is 3.60. The Bertz CT molecular complexity index is 495. The van der Waals surface area contributed by atoms with Crippen LogP contribution in [-0.2, 0) is 11.3 Å². The van der Waals surface area contributed by atoms with Gasteiger partial charge in [0, 0.05) is 18.4 Å². The summed E-state index contributed by atoms with van der Waals surface area (Å²) in [5, 5.41) is 14.4. The Morgan fingerprint density at radius 3 is 2.65 bits per heavy atom. The fraction of sp³-hybridized carbons (Fsp3) is 0.500. The summed E-state index contributed by atoms with van der Waals surface area (Å²) in [7, 11) is 0. The van der Waals surface area contributed by atoms with E-state index in [4.69, 9.17) is 5.11 Å². The van der Waals surface area contributed by atoms with E-state index >= 15 is 0 Å². The molecule has 2 amide bonds. The number of aromatic nitrogens is 1. The third-order valence-corrected chi connectivity index (χ3v) is 3.60. The summed E-state index contributed by atoms with van der Waals surface area (Å²) in [6.45, 7) is 2.28. The fourth-order valence-electron chi connectivity index (χ4n) is 2.31. The predicted octanol–water partition coefficient (Wildman–Crippen LogP) is 1.59. The SMILES string of the molecule is Cc1ccc(CNC(=O)NC2(CC(=O)O)CCC2)cn1. The van der Waals surface area contributed by atoms with Crippen LogP contribution in [0.4, 0.5) is 4.79 Å². The van der Waals surface area contributed by atoms with Gasteiger partial charge in [-0.05, 0) is 37.8 Å². The average Bonchev–Trinajstić information content (AvgIpc) is 2.35. The fourth-order valence-corrected chi connectivity index (χ4v) is 2.31. The van der Waals surface area contributed by atoms with Crippen LogP contribution in [0.5, 0.6) is 0 Å². The number of nitrogens with zero attached hydrogens (tertiary/aromatic N) is 1. The lowest BCUT2D eigenvalue weighted by atomic mass is 9.74. The standard InChI is InChI=1S/C14H19N3O3/c1-10-3-4-11(8-15-10)9-16-13(20)17-14(5-2-6-14)7-12(18)19/h3-4,8H,2,5-7,9H2,1H3,(H,18,19)(H2,16,17,20). The van der Waals surface area contributed by atoms with Gasteiger partial charge in [0.1, 0.15) is 0 Å². The molecule has 1 fully saturated rings. The van der Waals surface area contributed by atoms with Crippen LogP contribution in [0, 0.1) is 6.92 Å². The first kappa shape index (κ1) is 14.3. The molecule has 6 heteroatoms. The monoisotopic (exact) mass is 277 g/mol. The lowest BCUT2D eigenvalue weighted by Gasteiger charge is -2.41. The summed E-state index contributed by atoms with van der Waals surface area (Å²) in [5.74, 6) is -0.882. The van der Waals surface area contributed by atoms with Crippen molar-refractivity contribution < 1.29 is 14.7 Å². The van der Waals surface area contributed by atoms with E-state index in [9.17, 15) is 9.59 Å². The number of carbonyl (C=O) groups is 2. The van der Waals surface area contributed by atoms with E-state index in [2.05, 4.69) is 15.6 Å². The van der Waals surface area contributed by atoms with Gasteiger partial charge < -0.3 is 15.7 Å². The van der Waals surface area contributed by atoms with Crippen LogP contribution >= 0.6 is 0 Å². The summed E-state index contributed by atoms with van der Waals surface area (Å²) >= 11 is 0. The lowest BCUT2D eigenvalue weighted by molar-refractivity contribution is -0.139. The second kappa shape index (κ2) is 5.90. The Hall–Kier alpha value is -2.11. The predicted molar refractivity (Wildman–Crippen MR) is 73.2 cm³/mol. The number of aryl methyl sites for hydroxylation is 1. The number of carbonyl (C=O) groups excluding carboxylic acids is 1. The van der Waals surface area contributed by atoms with Gasteiger partial charge >= 0.3 is 12.0 Å².